The van der Waals surface area contributed by atoms with Gasteiger partial charge in [-0.2, -0.15) is 0 Å². The SMILES string of the molecule is CN1CCN(c2cc3c(=O)c(C(=O)NNc4ccccn4)c4sc5ccccc5n4c3nn2)CC1. The van der Waals surface area contributed by atoms with Crippen molar-refractivity contribution in [3.05, 3.63) is 70.5 Å². The Morgan fingerprint density at radius 1 is 1.03 bits per heavy atom. The first-order valence-corrected chi connectivity index (χ1v) is 12.1. The molecule has 0 bridgehead atoms. The lowest BCUT2D eigenvalue weighted by Gasteiger charge is -2.32. The molecule has 4 aromatic heterocycles. The molecule has 1 fully saturated rings. The highest BCUT2D eigenvalue weighted by molar-refractivity contribution is 7.24. The molecule has 10 nitrogen and oxygen atoms in total. The van der Waals surface area contributed by atoms with Crippen molar-refractivity contribution >= 4 is 55.0 Å². The number of nitrogens with zero attached hydrogens (tertiary/aromatic N) is 6. The molecule has 0 spiro atoms. The summed E-state index contributed by atoms with van der Waals surface area (Å²) in [5.41, 5.74) is 6.40. The van der Waals surface area contributed by atoms with Gasteiger partial charge >= 0.3 is 0 Å². The molecule has 1 aliphatic heterocycles. The third kappa shape index (κ3) is 3.74. The van der Waals surface area contributed by atoms with Gasteiger partial charge in [-0.1, -0.05) is 18.2 Å². The summed E-state index contributed by atoms with van der Waals surface area (Å²) in [4.78, 5) is 36.1. The van der Waals surface area contributed by atoms with E-state index in [9.17, 15) is 9.59 Å². The molecule has 5 aromatic rings. The van der Waals surface area contributed by atoms with Crippen LogP contribution in [0.15, 0.2) is 59.5 Å². The van der Waals surface area contributed by atoms with Gasteiger partial charge in [0.1, 0.15) is 16.2 Å². The number of fused-ring (bicyclic) bond motifs is 5. The number of anilines is 2. The van der Waals surface area contributed by atoms with E-state index < -0.39 is 5.91 Å². The first-order chi connectivity index (χ1) is 17.1. The van der Waals surface area contributed by atoms with E-state index in [4.69, 9.17) is 0 Å². The number of hydrogen-bond donors (Lipinski definition) is 2. The zero-order chi connectivity index (χ0) is 23.9. The van der Waals surface area contributed by atoms with Gasteiger partial charge in [-0.25, -0.2) is 4.98 Å². The molecule has 1 aliphatic rings. The van der Waals surface area contributed by atoms with Gasteiger partial charge in [-0.05, 0) is 37.4 Å². The summed E-state index contributed by atoms with van der Waals surface area (Å²) in [7, 11) is 2.08. The van der Waals surface area contributed by atoms with Gasteiger partial charge in [-0.15, -0.1) is 21.5 Å². The number of piperazine rings is 1. The number of rotatable bonds is 4. The zero-order valence-corrected chi connectivity index (χ0v) is 19.7. The lowest BCUT2D eigenvalue weighted by atomic mass is 10.2. The number of likely N-dealkylation sites (N-methyl/N-ethyl adjacent to an activating group) is 1. The summed E-state index contributed by atoms with van der Waals surface area (Å²) in [6.45, 7) is 3.39. The monoisotopic (exact) mass is 486 g/mol. The number of para-hydroxylation sites is 1. The Kier molecular flexibility index (Phi) is 5.27. The number of hydrogen-bond acceptors (Lipinski definition) is 9. The van der Waals surface area contributed by atoms with Gasteiger partial charge in [0.2, 0.25) is 5.43 Å². The normalized spacial score (nSPS) is 14.6. The van der Waals surface area contributed by atoms with Crippen LogP contribution in [0.25, 0.3) is 26.1 Å². The average Bonchev–Trinajstić information content (AvgIpc) is 3.27. The van der Waals surface area contributed by atoms with Gasteiger partial charge in [-0.3, -0.25) is 24.8 Å². The van der Waals surface area contributed by atoms with E-state index in [2.05, 4.69) is 42.9 Å². The van der Waals surface area contributed by atoms with Crippen LogP contribution in [-0.4, -0.2) is 63.6 Å². The highest BCUT2D eigenvalue weighted by Gasteiger charge is 2.24. The van der Waals surface area contributed by atoms with E-state index in [1.807, 2.05) is 28.7 Å². The van der Waals surface area contributed by atoms with Crippen LogP contribution in [0, 0.1) is 0 Å². The topological polar surface area (TPSA) is 108 Å². The van der Waals surface area contributed by atoms with Crippen molar-refractivity contribution in [2.24, 2.45) is 0 Å². The van der Waals surface area contributed by atoms with Crippen molar-refractivity contribution in [2.45, 2.75) is 0 Å². The van der Waals surface area contributed by atoms with Crippen LogP contribution < -0.4 is 21.2 Å². The summed E-state index contributed by atoms with van der Waals surface area (Å²) in [6.07, 6.45) is 1.61. The second-order valence-corrected chi connectivity index (χ2v) is 9.47. The number of thiazole rings is 1. The van der Waals surface area contributed by atoms with E-state index in [0.29, 0.717) is 27.5 Å². The highest BCUT2D eigenvalue weighted by Crippen LogP contribution is 2.31. The minimum atomic E-state index is -0.537. The van der Waals surface area contributed by atoms with Crippen LogP contribution >= 0.6 is 11.3 Å². The second kappa shape index (κ2) is 8.60. The Bertz CT molecular complexity index is 1620. The lowest BCUT2D eigenvalue weighted by Crippen LogP contribution is -2.45. The summed E-state index contributed by atoms with van der Waals surface area (Å²) < 4.78 is 2.80. The molecule has 6 rings (SSSR count). The lowest BCUT2D eigenvalue weighted by molar-refractivity contribution is 0.0963. The number of hydrazine groups is 1. The van der Waals surface area contributed by atoms with Gasteiger partial charge in [0, 0.05) is 32.4 Å². The molecule has 1 saturated heterocycles. The average molecular weight is 487 g/mol. The molecule has 0 unspecified atom stereocenters. The van der Waals surface area contributed by atoms with E-state index in [0.717, 1.165) is 36.4 Å². The highest BCUT2D eigenvalue weighted by atomic mass is 32.1. The molecule has 11 heteroatoms. The molecular formula is C24H22N8O2S. The van der Waals surface area contributed by atoms with Crippen LogP contribution in [0.3, 0.4) is 0 Å². The summed E-state index contributed by atoms with van der Waals surface area (Å²) in [5.74, 6) is 0.572. The molecule has 5 heterocycles. The summed E-state index contributed by atoms with van der Waals surface area (Å²) in [6, 6.07) is 14.8. The third-order valence-corrected chi connectivity index (χ3v) is 7.34. The molecule has 1 amide bonds. The maximum Gasteiger partial charge on any atom is 0.276 e. The summed E-state index contributed by atoms with van der Waals surface area (Å²) >= 11 is 1.37. The quantitative estimate of drug-likeness (QED) is 0.373. The van der Waals surface area contributed by atoms with E-state index in [1.54, 1.807) is 30.5 Å². The van der Waals surface area contributed by atoms with Crippen molar-refractivity contribution in [3.8, 4) is 0 Å². The minimum Gasteiger partial charge on any atom is -0.353 e. The van der Waals surface area contributed by atoms with Crippen molar-refractivity contribution in [1.82, 2.24) is 29.9 Å². The van der Waals surface area contributed by atoms with Gasteiger partial charge in [0.25, 0.3) is 5.91 Å². The molecule has 0 saturated carbocycles. The maximum atomic E-state index is 13.8. The maximum absolute atomic E-state index is 13.8. The van der Waals surface area contributed by atoms with Crippen molar-refractivity contribution in [3.63, 3.8) is 0 Å². The molecule has 0 aliphatic carbocycles. The first-order valence-electron chi connectivity index (χ1n) is 11.2. The van der Waals surface area contributed by atoms with E-state index in [1.165, 1.54) is 11.3 Å². The molecular weight excluding hydrogens is 464 g/mol. The van der Waals surface area contributed by atoms with Crippen LogP contribution in [-0.2, 0) is 0 Å². The molecule has 2 N–H and O–H groups in total. The number of carbonyl (C=O) groups is 1. The van der Waals surface area contributed by atoms with Crippen LogP contribution in [0.1, 0.15) is 10.4 Å². The largest absolute Gasteiger partial charge is 0.353 e. The number of amides is 1. The predicted molar refractivity (Wildman–Crippen MR) is 137 cm³/mol. The number of carbonyl (C=O) groups excluding carboxylic acids is 1. The van der Waals surface area contributed by atoms with Crippen LogP contribution in [0.5, 0.6) is 0 Å². The predicted octanol–water partition coefficient (Wildman–Crippen LogP) is 2.36. The van der Waals surface area contributed by atoms with E-state index >= 15 is 0 Å². The fourth-order valence-corrected chi connectivity index (χ4v) is 5.49. The van der Waals surface area contributed by atoms with Gasteiger partial charge < -0.3 is 9.80 Å². The minimum absolute atomic E-state index is 0.0551. The fraction of sp³-hybridized carbons (Fsp3) is 0.208. The van der Waals surface area contributed by atoms with Crippen molar-refractivity contribution < 1.29 is 4.79 Å². The number of pyridine rings is 2. The van der Waals surface area contributed by atoms with Crippen LogP contribution in [0.2, 0.25) is 0 Å². The summed E-state index contributed by atoms with van der Waals surface area (Å²) in [5, 5.41) is 9.31. The van der Waals surface area contributed by atoms with Gasteiger partial charge in [0.15, 0.2) is 11.5 Å². The standard InChI is InChI=1S/C24H22N8O2S/c1-30-10-12-31(13-11-30)19-14-15-21(33)20(23(34)29-26-18-8-4-5-9-25-18)24-32(22(15)28-27-19)16-6-2-3-7-17(16)35-24/h2-9,14H,10-13H2,1H3,(H,25,26)(H,29,34). The van der Waals surface area contributed by atoms with Crippen molar-refractivity contribution in [1.29, 1.82) is 0 Å². The van der Waals surface area contributed by atoms with Gasteiger partial charge in [0.05, 0.1) is 15.6 Å². The molecule has 0 radical (unpaired) electrons. The molecule has 35 heavy (non-hydrogen) atoms. The second-order valence-electron chi connectivity index (χ2n) is 8.44. The Balaban J connectivity index is 1.52. The Hall–Kier alpha value is -4.09. The fourth-order valence-electron chi connectivity index (χ4n) is 4.31. The zero-order valence-electron chi connectivity index (χ0n) is 18.9. The Morgan fingerprint density at radius 3 is 2.63 bits per heavy atom. The number of benzene rings is 1. The van der Waals surface area contributed by atoms with E-state index in [-0.39, 0.29) is 11.0 Å². The van der Waals surface area contributed by atoms with Crippen molar-refractivity contribution in [2.75, 3.05) is 43.6 Å². The number of nitrogens with one attached hydrogen (secondary N) is 2. The smallest absolute Gasteiger partial charge is 0.276 e. The van der Waals surface area contributed by atoms with Crippen LogP contribution in [0.4, 0.5) is 11.6 Å². The molecule has 1 aromatic carbocycles. The Morgan fingerprint density at radius 2 is 1.83 bits per heavy atom. The Labute approximate surface area is 203 Å². The third-order valence-electron chi connectivity index (χ3n) is 6.20. The molecule has 0 atom stereocenters. The molecule has 176 valence electrons. The number of aromatic nitrogens is 4. The first kappa shape index (κ1) is 21.4.